The molecule has 0 N–H and O–H groups in total. The number of hydrogen-bond acceptors (Lipinski definition) is 6. The molecule has 28 heavy (non-hydrogen) atoms. The number of aromatic nitrogens is 2. The van der Waals surface area contributed by atoms with Crippen LogP contribution >= 0.6 is 15.9 Å². The monoisotopic (exact) mass is 453 g/mol. The topological polar surface area (TPSA) is 74.9 Å². The van der Waals surface area contributed by atoms with Crippen molar-refractivity contribution < 1.29 is 19.1 Å². The van der Waals surface area contributed by atoms with E-state index in [2.05, 4.69) is 15.9 Å². The maximum absolute atomic E-state index is 13.3. The Morgan fingerprint density at radius 3 is 2.39 bits per heavy atom. The quantitative estimate of drug-likeness (QED) is 0.662. The van der Waals surface area contributed by atoms with Crippen molar-refractivity contribution >= 4 is 22.1 Å². The highest BCUT2D eigenvalue weighted by molar-refractivity contribution is 9.10. The van der Waals surface area contributed by atoms with Crippen molar-refractivity contribution in [1.29, 1.82) is 0 Å². The van der Waals surface area contributed by atoms with Crippen LogP contribution in [0, 0.1) is 13.8 Å². The van der Waals surface area contributed by atoms with Crippen LogP contribution in [0.4, 0.5) is 4.79 Å². The van der Waals surface area contributed by atoms with Gasteiger partial charge in [0.2, 0.25) is 5.88 Å². The number of rotatable bonds is 4. The van der Waals surface area contributed by atoms with Gasteiger partial charge in [-0.05, 0) is 38.0 Å². The van der Waals surface area contributed by atoms with E-state index in [1.807, 2.05) is 26.0 Å². The van der Waals surface area contributed by atoms with Gasteiger partial charge < -0.3 is 14.3 Å². The molecule has 1 aliphatic rings. The molecule has 0 spiro atoms. The standard InChI is InChI=1S/C19H24BrN3O5/c1-5-27-19(25)28-18-16(15-13(3)10-12(2)11-14(15)20)17(24)22-8-6-21(26-4)7-9-23(18)22/h10-11H,5-9H2,1-4H3. The predicted octanol–water partition coefficient (Wildman–Crippen LogP) is 3.11. The van der Waals surface area contributed by atoms with Crippen LogP contribution in [0.3, 0.4) is 0 Å². The van der Waals surface area contributed by atoms with Crippen molar-refractivity contribution in [1.82, 2.24) is 14.4 Å². The zero-order valence-electron chi connectivity index (χ0n) is 16.5. The van der Waals surface area contributed by atoms with Crippen molar-refractivity contribution in [2.75, 3.05) is 26.8 Å². The number of aryl methyl sites for hydroxylation is 2. The summed E-state index contributed by atoms with van der Waals surface area (Å²) in [6.07, 6.45) is -0.835. The highest BCUT2D eigenvalue weighted by atomic mass is 79.9. The lowest BCUT2D eigenvalue weighted by Gasteiger charge is -2.16. The van der Waals surface area contributed by atoms with E-state index in [9.17, 15) is 9.59 Å². The van der Waals surface area contributed by atoms with Gasteiger partial charge in [-0.2, -0.15) is 5.06 Å². The lowest BCUT2D eigenvalue weighted by atomic mass is 10.0. The van der Waals surface area contributed by atoms with Gasteiger partial charge in [-0.25, -0.2) is 14.2 Å². The molecule has 9 heteroatoms. The van der Waals surface area contributed by atoms with Gasteiger partial charge in [-0.15, -0.1) is 0 Å². The molecule has 0 fully saturated rings. The zero-order valence-corrected chi connectivity index (χ0v) is 18.0. The number of ether oxygens (including phenoxy) is 2. The van der Waals surface area contributed by atoms with E-state index in [0.29, 0.717) is 37.3 Å². The lowest BCUT2D eigenvalue weighted by molar-refractivity contribution is -0.130. The first-order valence-electron chi connectivity index (χ1n) is 9.11. The molecule has 152 valence electrons. The predicted molar refractivity (Wildman–Crippen MR) is 108 cm³/mol. The molecule has 0 amide bonds. The molecule has 1 aromatic heterocycles. The zero-order chi connectivity index (χ0) is 20.4. The molecule has 0 saturated carbocycles. The number of carbonyl (C=O) groups is 1. The molecule has 2 heterocycles. The molecule has 0 saturated heterocycles. The lowest BCUT2D eigenvalue weighted by Crippen LogP contribution is -2.27. The third-order valence-corrected chi connectivity index (χ3v) is 5.32. The molecule has 0 radical (unpaired) electrons. The van der Waals surface area contributed by atoms with Crippen LogP contribution < -0.4 is 10.3 Å². The highest BCUT2D eigenvalue weighted by Gasteiger charge is 2.29. The summed E-state index contributed by atoms with van der Waals surface area (Å²) in [5.74, 6) is 0.189. The largest absolute Gasteiger partial charge is 0.515 e. The number of nitrogens with zero attached hydrogens (tertiary/aromatic N) is 3. The Labute approximate surface area is 171 Å². The Morgan fingerprint density at radius 2 is 1.79 bits per heavy atom. The van der Waals surface area contributed by atoms with Crippen LogP contribution in [0.2, 0.25) is 0 Å². The number of halogens is 1. The second-order valence-electron chi connectivity index (χ2n) is 6.57. The van der Waals surface area contributed by atoms with Gasteiger partial charge in [-0.1, -0.05) is 22.0 Å². The summed E-state index contributed by atoms with van der Waals surface area (Å²) in [4.78, 5) is 30.7. The molecule has 8 nitrogen and oxygen atoms in total. The summed E-state index contributed by atoms with van der Waals surface area (Å²) in [5.41, 5.74) is 2.83. The van der Waals surface area contributed by atoms with Crippen molar-refractivity contribution in [3.63, 3.8) is 0 Å². The number of fused-ring (bicyclic) bond motifs is 1. The Bertz CT molecular complexity index is 927. The summed E-state index contributed by atoms with van der Waals surface area (Å²) in [6.45, 7) is 7.74. The Morgan fingerprint density at radius 1 is 1.11 bits per heavy atom. The molecule has 3 rings (SSSR count). The van der Waals surface area contributed by atoms with Crippen LogP contribution in [0.25, 0.3) is 11.1 Å². The molecular weight excluding hydrogens is 430 g/mol. The summed E-state index contributed by atoms with van der Waals surface area (Å²) in [7, 11) is 1.59. The van der Waals surface area contributed by atoms with Crippen molar-refractivity contribution in [3.8, 4) is 17.0 Å². The molecule has 1 aliphatic heterocycles. The van der Waals surface area contributed by atoms with Crippen LogP contribution in [-0.4, -0.2) is 47.4 Å². The second kappa shape index (κ2) is 8.50. The molecule has 0 bridgehead atoms. The molecule has 1 aromatic carbocycles. The minimum atomic E-state index is -0.835. The first kappa shape index (κ1) is 20.6. The summed E-state index contributed by atoms with van der Waals surface area (Å²) in [6, 6.07) is 3.93. The van der Waals surface area contributed by atoms with E-state index in [1.165, 1.54) is 0 Å². The number of benzene rings is 1. The van der Waals surface area contributed by atoms with Crippen LogP contribution in [0.15, 0.2) is 21.4 Å². The van der Waals surface area contributed by atoms with Crippen LogP contribution in [-0.2, 0) is 22.7 Å². The smallest absolute Gasteiger partial charge is 0.434 e. The average Bonchev–Trinajstić information content (AvgIpc) is 2.78. The van der Waals surface area contributed by atoms with Crippen LogP contribution in [0.1, 0.15) is 18.1 Å². The van der Waals surface area contributed by atoms with E-state index in [4.69, 9.17) is 14.3 Å². The van der Waals surface area contributed by atoms with Gasteiger partial charge in [0.1, 0.15) is 5.56 Å². The molecule has 0 atom stereocenters. The summed E-state index contributed by atoms with van der Waals surface area (Å²) < 4.78 is 14.5. The normalized spacial score (nSPS) is 14.5. The van der Waals surface area contributed by atoms with Crippen molar-refractivity contribution in [3.05, 3.63) is 38.1 Å². The second-order valence-corrected chi connectivity index (χ2v) is 7.42. The number of hydrogen-bond donors (Lipinski definition) is 0. The van der Waals surface area contributed by atoms with Crippen molar-refractivity contribution in [2.45, 2.75) is 33.9 Å². The van der Waals surface area contributed by atoms with Crippen molar-refractivity contribution in [2.24, 2.45) is 0 Å². The van der Waals surface area contributed by atoms with Gasteiger partial charge in [-0.3, -0.25) is 4.79 Å². The fourth-order valence-corrected chi connectivity index (χ4v) is 4.37. The van der Waals surface area contributed by atoms with E-state index >= 15 is 0 Å². The summed E-state index contributed by atoms with van der Waals surface area (Å²) >= 11 is 3.57. The van der Waals surface area contributed by atoms with Gasteiger partial charge in [0, 0.05) is 23.1 Å². The van der Waals surface area contributed by atoms with Gasteiger partial charge in [0.15, 0.2) is 0 Å². The minimum absolute atomic E-state index is 0.184. The Balaban J connectivity index is 2.20. The van der Waals surface area contributed by atoms with Gasteiger partial charge >= 0.3 is 6.16 Å². The Hall–Kier alpha value is -2.10. The molecular formula is C19H24BrN3O5. The van der Waals surface area contributed by atoms with Gasteiger partial charge in [0.05, 0.1) is 26.8 Å². The van der Waals surface area contributed by atoms with E-state index in [0.717, 1.165) is 15.6 Å². The molecule has 0 aliphatic carbocycles. The van der Waals surface area contributed by atoms with E-state index in [-0.39, 0.29) is 18.0 Å². The maximum Gasteiger partial charge on any atom is 0.515 e. The highest BCUT2D eigenvalue weighted by Crippen LogP contribution is 2.37. The summed E-state index contributed by atoms with van der Waals surface area (Å²) in [5, 5.41) is 1.76. The molecule has 0 unspecified atom stereocenters. The number of hydroxylamine groups is 2. The number of carbonyl (C=O) groups excluding carboxylic acids is 1. The SMILES string of the molecule is CCOC(=O)Oc1c(-c2c(C)cc(C)cc2Br)c(=O)n2n1CCN(OC)CC2. The fourth-order valence-electron chi connectivity index (χ4n) is 3.50. The van der Waals surface area contributed by atoms with E-state index in [1.54, 1.807) is 28.5 Å². The maximum atomic E-state index is 13.3. The molecule has 2 aromatic rings. The third kappa shape index (κ3) is 3.87. The minimum Gasteiger partial charge on any atom is -0.434 e. The third-order valence-electron chi connectivity index (χ3n) is 4.69. The van der Waals surface area contributed by atoms with Gasteiger partial charge in [0.25, 0.3) is 5.56 Å². The fraction of sp³-hybridized carbons (Fsp3) is 0.474. The van der Waals surface area contributed by atoms with E-state index < -0.39 is 6.16 Å². The first-order chi connectivity index (χ1) is 13.4. The first-order valence-corrected chi connectivity index (χ1v) is 9.91. The van der Waals surface area contributed by atoms with Crippen LogP contribution in [0.5, 0.6) is 5.88 Å². The average molecular weight is 454 g/mol. The Kier molecular flexibility index (Phi) is 6.26.